The Morgan fingerprint density at radius 1 is 1.24 bits per heavy atom. The normalized spacial score (nSPS) is 30.3. The molecule has 4 heteroatoms. The maximum absolute atomic E-state index is 12.3. The summed E-state index contributed by atoms with van der Waals surface area (Å²) in [5.41, 5.74) is 0. The summed E-state index contributed by atoms with van der Waals surface area (Å²) in [6.07, 6.45) is 7.57. The Morgan fingerprint density at radius 3 is 2.71 bits per heavy atom. The summed E-state index contributed by atoms with van der Waals surface area (Å²) in [4.78, 5) is 14.6. The van der Waals surface area contributed by atoms with Crippen LogP contribution in [0.3, 0.4) is 0 Å². The second-order valence-corrected chi connectivity index (χ2v) is 6.98. The molecule has 2 aliphatic rings. The Balaban J connectivity index is 1.73. The first-order chi connectivity index (χ1) is 10.2. The van der Waals surface area contributed by atoms with Gasteiger partial charge in [0.25, 0.3) is 0 Å². The average molecular weight is 295 g/mol. The maximum atomic E-state index is 12.3. The zero-order valence-electron chi connectivity index (χ0n) is 13.9. The number of hydrogen-bond donors (Lipinski definition) is 2. The van der Waals surface area contributed by atoms with Gasteiger partial charge in [-0.3, -0.25) is 9.69 Å². The number of amides is 1. The Kier molecular flexibility index (Phi) is 6.97. The van der Waals surface area contributed by atoms with Crippen LogP contribution in [-0.4, -0.2) is 49.6 Å². The van der Waals surface area contributed by atoms with Crippen LogP contribution in [0.4, 0.5) is 0 Å². The predicted octanol–water partition coefficient (Wildman–Crippen LogP) is 2.00. The number of rotatable bonds is 6. The highest BCUT2D eigenvalue weighted by Crippen LogP contribution is 2.23. The number of piperidine rings is 1. The minimum Gasteiger partial charge on any atom is -0.352 e. The molecular formula is C17H33N3O. The highest BCUT2D eigenvalue weighted by atomic mass is 16.2. The van der Waals surface area contributed by atoms with Crippen LogP contribution >= 0.6 is 0 Å². The lowest BCUT2D eigenvalue weighted by atomic mass is 9.86. The molecule has 4 nitrogen and oxygen atoms in total. The summed E-state index contributed by atoms with van der Waals surface area (Å²) in [5, 5.41) is 6.74. The van der Waals surface area contributed by atoms with Crippen molar-refractivity contribution in [2.45, 2.75) is 58.4 Å². The predicted molar refractivity (Wildman–Crippen MR) is 87.3 cm³/mol. The molecule has 2 rings (SSSR count). The van der Waals surface area contributed by atoms with E-state index in [9.17, 15) is 4.79 Å². The van der Waals surface area contributed by atoms with Gasteiger partial charge in [0, 0.05) is 12.6 Å². The van der Waals surface area contributed by atoms with Crippen molar-refractivity contribution < 1.29 is 4.79 Å². The van der Waals surface area contributed by atoms with Gasteiger partial charge >= 0.3 is 0 Å². The third-order valence-corrected chi connectivity index (χ3v) is 5.19. The van der Waals surface area contributed by atoms with Gasteiger partial charge in [0.1, 0.15) is 0 Å². The fourth-order valence-electron chi connectivity index (χ4n) is 3.74. The van der Waals surface area contributed by atoms with Crippen molar-refractivity contribution in [3.63, 3.8) is 0 Å². The lowest BCUT2D eigenvalue weighted by molar-refractivity contribution is -0.123. The Labute approximate surface area is 130 Å². The number of nitrogens with zero attached hydrogens (tertiary/aromatic N) is 1. The summed E-state index contributed by atoms with van der Waals surface area (Å²) >= 11 is 0. The van der Waals surface area contributed by atoms with Crippen molar-refractivity contribution in [3.05, 3.63) is 0 Å². The maximum Gasteiger partial charge on any atom is 0.234 e. The molecule has 3 atom stereocenters. The Bertz CT molecular complexity index is 315. The van der Waals surface area contributed by atoms with Crippen molar-refractivity contribution in [1.29, 1.82) is 0 Å². The number of nitrogens with one attached hydrogen (secondary N) is 2. The molecular weight excluding hydrogens is 262 g/mol. The van der Waals surface area contributed by atoms with Crippen molar-refractivity contribution >= 4 is 5.91 Å². The molecule has 0 spiro atoms. The molecule has 3 unspecified atom stereocenters. The quantitative estimate of drug-likeness (QED) is 0.788. The summed E-state index contributed by atoms with van der Waals surface area (Å²) in [7, 11) is 0. The van der Waals surface area contributed by atoms with Crippen molar-refractivity contribution in [2.24, 2.45) is 11.8 Å². The molecule has 0 aromatic heterocycles. The van der Waals surface area contributed by atoms with Gasteiger partial charge in [-0.2, -0.15) is 0 Å². The zero-order valence-corrected chi connectivity index (χ0v) is 13.9. The molecule has 1 aliphatic heterocycles. The van der Waals surface area contributed by atoms with Crippen LogP contribution in [0.5, 0.6) is 0 Å². The van der Waals surface area contributed by atoms with Crippen LogP contribution < -0.4 is 10.6 Å². The van der Waals surface area contributed by atoms with Crippen LogP contribution in [0.1, 0.15) is 52.4 Å². The Hall–Kier alpha value is -0.610. The van der Waals surface area contributed by atoms with E-state index in [4.69, 9.17) is 0 Å². The standard InChI is InChI=1S/C17H33N3O/c1-3-20(12-15-8-6-10-18-11-15)13-17(21)19-16-9-5-4-7-14(16)2/h14-16,18H,3-13H2,1-2H3,(H,19,21). The lowest BCUT2D eigenvalue weighted by Crippen LogP contribution is -2.47. The summed E-state index contributed by atoms with van der Waals surface area (Å²) in [5.74, 6) is 1.57. The van der Waals surface area contributed by atoms with Gasteiger partial charge in [0.05, 0.1) is 6.54 Å². The monoisotopic (exact) mass is 295 g/mol. The minimum atomic E-state index is 0.222. The van der Waals surface area contributed by atoms with Gasteiger partial charge in [-0.1, -0.05) is 26.7 Å². The van der Waals surface area contributed by atoms with Crippen molar-refractivity contribution in [3.8, 4) is 0 Å². The fraction of sp³-hybridized carbons (Fsp3) is 0.941. The van der Waals surface area contributed by atoms with E-state index in [1.807, 2.05) is 0 Å². The molecule has 1 heterocycles. The highest BCUT2D eigenvalue weighted by molar-refractivity contribution is 5.78. The SMILES string of the molecule is CCN(CC(=O)NC1CCCCC1C)CC1CCCNC1. The number of carbonyl (C=O) groups excluding carboxylic acids is 1. The topological polar surface area (TPSA) is 44.4 Å². The molecule has 2 fully saturated rings. The molecule has 1 saturated heterocycles. The first-order valence-electron chi connectivity index (χ1n) is 8.91. The molecule has 0 bridgehead atoms. The van der Waals surface area contributed by atoms with Gasteiger partial charge in [-0.15, -0.1) is 0 Å². The summed E-state index contributed by atoms with van der Waals surface area (Å²) < 4.78 is 0. The zero-order chi connectivity index (χ0) is 15.1. The number of carbonyl (C=O) groups is 1. The molecule has 1 aliphatic carbocycles. The molecule has 1 amide bonds. The van der Waals surface area contributed by atoms with E-state index in [0.29, 0.717) is 24.4 Å². The smallest absolute Gasteiger partial charge is 0.234 e. The second kappa shape index (κ2) is 8.74. The number of likely N-dealkylation sites (N-methyl/N-ethyl adjacent to an activating group) is 1. The number of hydrogen-bond acceptors (Lipinski definition) is 3. The van der Waals surface area contributed by atoms with E-state index in [1.54, 1.807) is 0 Å². The van der Waals surface area contributed by atoms with E-state index >= 15 is 0 Å². The average Bonchev–Trinajstić information content (AvgIpc) is 2.50. The van der Waals surface area contributed by atoms with E-state index < -0.39 is 0 Å². The van der Waals surface area contributed by atoms with Gasteiger partial charge in [-0.25, -0.2) is 0 Å². The molecule has 1 saturated carbocycles. The van der Waals surface area contributed by atoms with E-state index in [2.05, 4.69) is 29.4 Å². The third-order valence-electron chi connectivity index (χ3n) is 5.19. The molecule has 2 N–H and O–H groups in total. The molecule has 21 heavy (non-hydrogen) atoms. The summed E-state index contributed by atoms with van der Waals surface area (Å²) in [6, 6.07) is 0.404. The molecule has 122 valence electrons. The third kappa shape index (κ3) is 5.59. The van der Waals surface area contributed by atoms with E-state index in [0.717, 1.165) is 32.6 Å². The van der Waals surface area contributed by atoms with Crippen LogP contribution in [0, 0.1) is 11.8 Å². The second-order valence-electron chi connectivity index (χ2n) is 6.98. The molecule has 0 radical (unpaired) electrons. The molecule has 0 aromatic rings. The molecule has 0 aromatic carbocycles. The lowest BCUT2D eigenvalue weighted by Gasteiger charge is -2.32. The minimum absolute atomic E-state index is 0.222. The first-order valence-corrected chi connectivity index (χ1v) is 8.91. The van der Waals surface area contributed by atoms with Crippen LogP contribution in [-0.2, 0) is 4.79 Å². The highest BCUT2D eigenvalue weighted by Gasteiger charge is 2.24. The van der Waals surface area contributed by atoms with Crippen molar-refractivity contribution in [2.75, 3.05) is 32.7 Å². The summed E-state index contributed by atoms with van der Waals surface area (Å²) in [6.45, 7) is 9.28. The van der Waals surface area contributed by atoms with E-state index in [-0.39, 0.29) is 5.91 Å². The fourth-order valence-corrected chi connectivity index (χ4v) is 3.74. The van der Waals surface area contributed by atoms with Gasteiger partial charge in [0.15, 0.2) is 0 Å². The van der Waals surface area contributed by atoms with Gasteiger partial charge in [0.2, 0.25) is 5.91 Å². The van der Waals surface area contributed by atoms with Crippen LogP contribution in [0.2, 0.25) is 0 Å². The van der Waals surface area contributed by atoms with E-state index in [1.165, 1.54) is 32.1 Å². The van der Waals surface area contributed by atoms with Gasteiger partial charge < -0.3 is 10.6 Å². The first kappa shape index (κ1) is 16.8. The van der Waals surface area contributed by atoms with Crippen LogP contribution in [0.15, 0.2) is 0 Å². The largest absolute Gasteiger partial charge is 0.352 e. The van der Waals surface area contributed by atoms with Gasteiger partial charge in [-0.05, 0) is 57.2 Å². The van der Waals surface area contributed by atoms with Crippen LogP contribution in [0.25, 0.3) is 0 Å². The Morgan fingerprint density at radius 2 is 2.05 bits per heavy atom. The van der Waals surface area contributed by atoms with Crippen molar-refractivity contribution in [1.82, 2.24) is 15.5 Å².